The first-order chi connectivity index (χ1) is 19.3. The van der Waals surface area contributed by atoms with Crippen LogP contribution in [-0.4, -0.2) is 97.6 Å². The van der Waals surface area contributed by atoms with Gasteiger partial charge in [0.1, 0.15) is 11.4 Å². The number of hydrogen-bond acceptors (Lipinski definition) is 7. The van der Waals surface area contributed by atoms with Crippen molar-refractivity contribution >= 4 is 23.6 Å². The van der Waals surface area contributed by atoms with Crippen LogP contribution in [-0.2, 0) is 19.0 Å². The molecule has 10 nitrogen and oxygen atoms in total. The Balaban J connectivity index is 1.89. The normalized spacial score (nSPS) is 21.0. The van der Waals surface area contributed by atoms with Crippen LogP contribution in [0.15, 0.2) is 18.2 Å². The third kappa shape index (κ3) is 8.13. The Hall–Kier alpha value is -2.85. The van der Waals surface area contributed by atoms with Gasteiger partial charge in [0, 0.05) is 51.6 Å². The van der Waals surface area contributed by atoms with E-state index in [1.165, 1.54) is 0 Å². The highest BCUT2D eigenvalue weighted by Crippen LogP contribution is 2.39. The molecule has 0 aliphatic carbocycles. The number of benzene rings is 1. The Kier molecular flexibility index (Phi) is 11.1. The first kappa shape index (κ1) is 32.7. The molecule has 2 atom stereocenters. The number of carbonyl (C=O) groups excluding carboxylic acids is 3. The lowest BCUT2D eigenvalue weighted by Crippen LogP contribution is -2.57. The SMILES string of the molecule is CCOCC1(C)Oc2ccc(C(=O)N(C(C)C)[C@@H]3CCCN(C(=O)OC(C)(C)C)C3)cc2N(CCCCOC)C1=O. The van der Waals surface area contributed by atoms with Crippen molar-refractivity contribution in [3.63, 3.8) is 0 Å². The molecule has 230 valence electrons. The Labute approximate surface area is 245 Å². The second-order valence-electron chi connectivity index (χ2n) is 12.3. The van der Waals surface area contributed by atoms with Crippen molar-refractivity contribution in [2.24, 2.45) is 0 Å². The van der Waals surface area contributed by atoms with Crippen LogP contribution < -0.4 is 9.64 Å². The van der Waals surface area contributed by atoms with Crippen LogP contribution in [0, 0.1) is 0 Å². The van der Waals surface area contributed by atoms with Gasteiger partial charge in [-0.1, -0.05) is 0 Å². The lowest BCUT2D eigenvalue weighted by Gasteiger charge is -2.42. The number of carbonyl (C=O) groups is 3. The van der Waals surface area contributed by atoms with Gasteiger partial charge in [-0.3, -0.25) is 9.59 Å². The summed E-state index contributed by atoms with van der Waals surface area (Å²) in [4.78, 5) is 45.8. The van der Waals surface area contributed by atoms with Gasteiger partial charge in [-0.15, -0.1) is 0 Å². The van der Waals surface area contributed by atoms with E-state index in [9.17, 15) is 14.4 Å². The summed E-state index contributed by atoms with van der Waals surface area (Å²) in [5, 5.41) is 0. The molecular formula is C31H49N3O7. The molecule has 0 saturated carbocycles. The highest BCUT2D eigenvalue weighted by Gasteiger charge is 2.45. The van der Waals surface area contributed by atoms with Crippen LogP contribution in [0.2, 0.25) is 0 Å². The maximum Gasteiger partial charge on any atom is 0.410 e. The van der Waals surface area contributed by atoms with Crippen LogP contribution in [0.5, 0.6) is 5.75 Å². The zero-order valence-electron chi connectivity index (χ0n) is 26.2. The number of anilines is 1. The quantitative estimate of drug-likeness (QED) is 0.347. The summed E-state index contributed by atoms with van der Waals surface area (Å²) >= 11 is 0. The van der Waals surface area contributed by atoms with Gasteiger partial charge in [0.2, 0.25) is 5.60 Å². The average Bonchev–Trinajstić information content (AvgIpc) is 2.91. The Morgan fingerprint density at radius 1 is 1.22 bits per heavy atom. The number of fused-ring (bicyclic) bond motifs is 1. The molecule has 1 aromatic rings. The van der Waals surface area contributed by atoms with Gasteiger partial charge < -0.3 is 33.6 Å². The van der Waals surface area contributed by atoms with Gasteiger partial charge in [-0.25, -0.2) is 4.79 Å². The van der Waals surface area contributed by atoms with Crippen molar-refractivity contribution < 1.29 is 33.3 Å². The molecule has 3 amide bonds. The second kappa shape index (κ2) is 13.9. The molecular weight excluding hydrogens is 526 g/mol. The first-order valence-electron chi connectivity index (χ1n) is 14.8. The van der Waals surface area contributed by atoms with Gasteiger partial charge in [0.05, 0.1) is 18.3 Å². The number of amides is 3. The standard InChI is InChI=1S/C31H49N3O7/c1-9-39-21-31(7)28(36)33(17-10-11-18-38-8)25-19-23(14-15-26(25)40-31)27(35)34(22(2)3)24-13-12-16-32(20-24)29(37)41-30(4,5)6/h14-15,19,22,24H,9-13,16-18,20-21H2,1-8H3/t24-,31?/m1/s1. The number of nitrogens with zero attached hydrogens (tertiary/aromatic N) is 3. The van der Waals surface area contributed by atoms with E-state index in [1.54, 1.807) is 42.0 Å². The summed E-state index contributed by atoms with van der Waals surface area (Å²) in [6.45, 7) is 15.8. The molecule has 1 fully saturated rings. The van der Waals surface area contributed by atoms with E-state index < -0.39 is 11.2 Å². The van der Waals surface area contributed by atoms with Crippen LogP contribution >= 0.6 is 0 Å². The van der Waals surface area contributed by atoms with Gasteiger partial charge >= 0.3 is 6.09 Å². The molecule has 0 aromatic heterocycles. The second-order valence-corrected chi connectivity index (χ2v) is 12.3. The summed E-state index contributed by atoms with van der Waals surface area (Å²) < 4.78 is 22.6. The zero-order valence-corrected chi connectivity index (χ0v) is 26.2. The molecule has 2 aliphatic heterocycles. The van der Waals surface area contributed by atoms with Crippen molar-refractivity contribution in [2.75, 3.05) is 51.5 Å². The van der Waals surface area contributed by atoms with Gasteiger partial charge in [-0.05, 0) is 92.3 Å². The van der Waals surface area contributed by atoms with Crippen molar-refractivity contribution in [1.29, 1.82) is 0 Å². The lowest BCUT2D eigenvalue weighted by atomic mass is 9.99. The van der Waals surface area contributed by atoms with E-state index in [0.717, 1.165) is 25.7 Å². The third-order valence-electron chi connectivity index (χ3n) is 7.32. The number of rotatable bonds is 11. The van der Waals surface area contributed by atoms with E-state index >= 15 is 0 Å². The van der Waals surface area contributed by atoms with E-state index in [4.69, 9.17) is 18.9 Å². The van der Waals surface area contributed by atoms with E-state index in [2.05, 4.69) is 0 Å². The zero-order chi connectivity index (χ0) is 30.4. The molecule has 0 N–H and O–H groups in total. The molecule has 2 heterocycles. The fraction of sp³-hybridized carbons (Fsp3) is 0.710. The highest BCUT2D eigenvalue weighted by molar-refractivity contribution is 6.04. The van der Waals surface area contributed by atoms with Crippen LogP contribution in [0.3, 0.4) is 0 Å². The molecule has 1 aromatic carbocycles. The highest BCUT2D eigenvalue weighted by atomic mass is 16.6. The number of unbranched alkanes of at least 4 members (excludes halogenated alkanes) is 1. The van der Waals surface area contributed by atoms with Crippen molar-refractivity contribution in [2.45, 2.75) is 97.4 Å². The van der Waals surface area contributed by atoms with Gasteiger partial charge in [-0.2, -0.15) is 0 Å². The number of methoxy groups -OCH3 is 1. The molecule has 41 heavy (non-hydrogen) atoms. The predicted molar refractivity (Wildman–Crippen MR) is 158 cm³/mol. The number of ether oxygens (including phenoxy) is 4. The summed E-state index contributed by atoms with van der Waals surface area (Å²) in [7, 11) is 1.66. The molecule has 1 saturated heterocycles. The Morgan fingerprint density at radius 3 is 2.59 bits per heavy atom. The van der Waals surface area contributed by atoms with E-state index in [0.29, 0.717) is 49.8 Å². The Bertz CT molecular complexity index is 1070. The molecule has 2 aliphatic rings. The lowest BCUT2D eigenvalue weighted by molar-refractivity contribution is -0.139. The molecule has 0 bridgehead atoms. The average molecular weight is 576 g/mol. The maximum absolute atomic E-state index is 14.0. The monoisotopic (exact) mass is 575 g/mol. The topological polar surface area (TPSA) is 97.8 Å². The fourth-order valence-electron chi connectivity index (χ4n) is 5.40. The van der Waals surface area contributed by atoms with Crippen molar-refractivity contribution in [3.05, 3.63) is 23.8 Å². The molecule has 0 spiro atoms. The van der Waals surface area contributed by atoms with Crippen LogP contribution in [0.25, 0.3) is 0 Å². The molecule has 3 rings (SSSR count). The largest absolute Gasteiger partial charge is 0.473 e. The van der Waals surface area contributed by atoms with Crippen molar-refractivity contribution in [3.8, 4) is 5.75 Å². The summed E-state index contributed by atoms with van der Waals surface area (Å²) in [6, 6.07) is 5.03. The minimum absolute atomic E-state index is 0.0976. The minimum atomic E-state index is -1.16. The Morgan fingerprint density at radius 2 is 1.95 bits per heavy atom. The number of piperidine rings is 1. The number of hydrogen-bond donors (Lipinski definition) is 0. The van der Waals surface area contributed by atoms with Gasteiger partial charge in [0.25, 0.3) is 11.8 Å². The summed E-state index contributed by atoms with van der Waals surface area (Å²) in [5.41, 5.74) is -0.699. The fourth-order valence-corrected chi connectivity index (χ4v) is 5.40. The van der Waals surface area contributed by atoms with E-state index in [-0.39, 0.29) is 36.6 Å². The molecule has 0 radical (unpaired) electrons. The van der Waals surface area contributed by atoms with Crippen molar-refractivity contribution in [1.82, 2.24) is 9.80 Å². The molecule has 10 heteroatoms. The summed E-state index contributed by atoms with van der Waals surface area (Å²) in [6.07, 6.45) is 2.75. The number of likely N-dealkylation sites (tertiary alicyclic amines) is 1. The molecule has 1 unspecified atom stereocenters. The smallest absolute Gasteiger partial charge is 0.410 e. The predicted octanol–water partition coefficient (Wildman–Crippen LogP) is 4.88. The van der Waals surface area contributed by atoms with E-state index in [1.807, 2.05) is 46.4 Å². The van der Waals surface area contributed by atoms with Crippen LogP contribution in [0.1, 0.15) is 84.5 Å². The first-order valence-corrected chi connectivity index (χ1v) is 14.8. The van der Waals surface area contributed by atoms with Gasteiger partial charge in [0.15, 0.2) is 0 Å². The third-order valence-corrected chi connectivity index (χ3v) is 7.32. The summed E-state index contributed by atoms with van der Waals surface area (Å²) in [5.74, 6) is 0.203. The minimum Gasteiger partial charge on any atom is -0.473 e. The maximum atomic E-state index is 14.0. The van der Waals surface area contributed by atoms with Crippen LogP contribution in [0.4, 0.5) is 10.5 Å².